The number of carboxylic acids is 1. The van der Waals surface area contributed by atoms with Crippen molar-refractivity contribution in [2.45, 2.75) is 69.2 Å². The van der Waals surface area contributed by atoms with E-state index in [0.717, 1.165) is 47.1 Å². The average Bonchev–Trinajstić information content (AvgIpc) is 3.32. The molecular formula is C33H36N2O6. The number of amides is 2. The van der Waals surface area contributed by atoms with Gasteiger partial charge < -0.3 is 25.2 Å². The van der Waals surface area contributed by atoms with E-state index in [-0.39, 0.29) is 19.1 Å². The van der Waals surface area contributed by atoms with Gasteiger partial charge in [-0.25, -0.2) is 9.59 Å². The average molecular weight is 557 g/mol. The summed E-state index contributed by atoms with van der Waals surface area (Å²) in [5, 5.41) is 15.4. The molecule has 3 aromatic carbocycles. The van der Waals surface area contributed by atoms with Crippen LogP contribution in [0, 0.1) is 0 Å². The van der Waals surface area contributed by atoms with Crippen LogP contribution in [0.3, 0.4) is 0 Å². The molecule has 3 aromatic rings. The molecule has 2 atom stereocenters. The Kier molecular flexibility index (Phi) is 8.69. The monoisotopic (exact) mass is 556 g/mol. The van der Waals surface area contributed by atoms with Gasteiger partial charge in [0, 0.05) is 5.92 Å². The maximum atomic E-state index is 13.6. The molecular weight excluding hydrogens is 520 g/mol. The normalized spacial score (nSPS) is 17.0. The molecule has 0 aliphatic heterocycles. The first-order valence-electron chi connectivity index (χ1n) is 14.2. The summed E-state index contributed by atoms with van der Waals surface area (Å²) < 4.78 is 11.5. The van der Waals surface area contributed by atoms with Crippen molar-refractivity contribution in [2.24, 2.45) is 0 Å². The SMILES string of the molecule is C[C@@H](OCc1ccccc1)[C@H](NC(=O)C1(NC(=O)OCC2c3ccccc3-c3ccccc32)CCCCC1)C(=O)O. The number of fused-ring (bicyclic) bond motifs is 3. The van der Waals surface area contributed by atoms with Gasteiger partial charge in [0.2, 0.25) is 5.91 Å². The lowest BCUT2D eigenvalue weighted by Gasteiger charge is -2.37. The van der Waals surface area contributed by atoms with Gasteiger partial charge in [-0.1, -0.05) is 98.1 Å². The van der Waals surface area contributed by atoms with Crippen molar-refractivity contribution in [3.63, 3.8) is 0 Å². The van der Waals surface area contributed by atoms with Gasteiger partial charge in [-0.2, -0.15) is 0 Å². The first-order chi connectivity index (χ1) is 19.9. The van der Waals surface area contributed by atoms with Crippen molar-refractivity contribution in [1.29, 1.82) is 0 Å². The molecule has 3 N–H and O–H groups in total. The Hall–Kier alpha value is -4.17. The number of rotatable bonds is 10. The Labute approximate surface area is 240 Å². The Morgan fingerprint density at radius 3 is 2.07 bits per heavy atom. The summed E-state index contributed by atoms with van der Waals surface area (Å²) in [4.78, 5) is 38.9. The van der Waals surface area contributed by atoms with Crippen molar-refractivity contribution in [3.8, 4) is 11.1 Å². The lowest BCUT2D eigenvalue weighted by atomic mass is 9.80. The Morgan fingerprint density at radius 1 is 0.878 bits per heavy atom. The molecule has 41 heavy (non-hydrogen) atoms. The zero-order valence-electron chi connectivity index (χ0n) is 23.2. The highest BCUT2D eigenvalue weighted by Gasteiger charge is 2.44. The number of hydrogen-bond donors (Lipinski definition) is 3. The Bertz CT molecular complexity index is 1340. The molecule has 8 nitrogen and oxygen atoms in total. The molecule has 2 aliphatic rings. The van der Waals surface area contributed by atoms with Crippen LogP contribution in [-0.4, -0.2) is 47.4 Å². The topological polar surface area (TPSA) is 114 Å². The van der Waals surface area contributed by atoms with Crippen molar-refractivity contribution in [3.05, 3.63) is 95.6 Å². The Balaban J connectivity index is 1.25. The zero-order chi connectivity index (χ0) is 28.8. The first kappa shape index (κ1) is 28.4. The van der Waals surface area contributed by atoms with E-state index in [1.807, 2.05) is 66.7 Å². The minimum atomic E-state index is -1.28. The van der Waals surface area contributed by atoms with Gasteiger partial charge in [0.25, 0.3) is 0 Å². The second-order valence-electron chi connectivity index (χ2n) is 10.9. The standard InChI is InChI=1S/C33H36N2O6/c1-22(40-20-23-12-4-2-5-13-23)29(30(36)37)34-31(38)33(18-10-3-11-19-33)35-32(39)41-21-28-26-16-8-6-14-24(26)25-15-7-9-17-27(25)28/h2,4-9,12-17,22,28-29H,3,10-11,18-21H2,1H3,(H,34,38)(H,35,39)(H,36,37)/t22-,29+/m1/s1. The van der Waals surface area contributed by atoms with Crippen molar-refractivity contribution < 1.29 is 29.0 Å². The van der Waals surface area contributed by atoms with Gasteiger partial charge in [-0.05, 0) is 47.6 Å². The summed E-state index contributed by atoms with van der Waals surface area (Å²) in [6, 6.07) is 24.3. The number of nitrogens with one attached hydrogen (secondary N) is 2. The fourth-order valence-corrected chi connectivity index (χ4v) is 5.95. The third-order valence-electron chi connectivity index (χ3n) is 8.20. The second-order valence-corrected chi connectivity index (χ2v) is 10.9. The van der Waals surface area contributed by atoms with Crippen LogP contribution in [0.25, 0.3) is 11.1 Å². The van der Waals surface area contributed by atoms with E-state index in [0.29, 0.717) is 12.8 Å². The van der Waals surface area contributed by atoms with Crippen LogP contribution in [0.2, 0.25) is 0 Å². The minimum Gasteiger partial charge on any atom is -0.480 e. The van der Waals surface area contributed by atoms with E-state index in [1.165, 1.54) is 0 Å². The summed E-state index contributed by atoms with van der Waals surface area (Å²) in [6.07, 6.45) is 1.70. The largest absolute Gasteiger partial charge is 0.480 e. The summed E-state index contributed by atoms with van der Waals surface area (Å²) in [7, 11) is 0. The number of ether oxygens (including phenoxy) is 2. The third-order valence-corrected chi connectivity index (χ3v) is 8.20. The molecule has 0 spiro atoms. The lowest BCUT2D eigenvalue weighted by molar-refractivity contribution is -0.148. The van der Waals surface area contributed by atoms with E-state index < -0.39 is 35.7 Å². The van der Waals surface area contributed by atoms with E-state index in [2.05, 4.69) is 22.8 Å². The van der Waals surface area contributed by atoms with E-state index in [4.69, 9.17) is 9.47 Å². The quantitative estimate of drug-likeness (QED) is 0.308. The van der Waals surface area contributed by atoms with Gasteiger partial charge in [0.05, 0.1) is 12.7 Å². The van der Waals surface area contributed by atoms with Gasteiger partial charge in [0.1, 0.15) is 12.1 Å². The highest BCUT2D eigenvalue weighted by Crippen LogP contribution is 2.44. The molecule has 1 saturated carbocycles. The summed E-state index contributed by atoms with van der Waals surface area (Å²) in [5.41, 5.74) is 4.09. The van der Waals surface area contributed by atoms with E-state index in [1.54, 1.807) is 6.92 Å². The predicted octanol–water partition coefficient (Wildman–Crippen LogP) is 5.40. The number of alkyl carbamates (subject to hydrolysis) is 1. The molecule has 0 aromatic heterocycles. The highest BCUT2D eigenvalue weighted by atomic mass is 16.5. The van der Waals surface area contributed by atoms with Gasteiger partial charge in [-0.15, -0.1) is 0 Å². The molecule has 1 fully saturated rings. The van der Waals surface area contributed by atoms with Crippen LogP contribution in [0.1, 0.15) is 61.6 Å². The van der Waals surface area contributed by atoms with Gasteiger partial charge in [0.15, 0.2) is 6.04 Å². The lowest BCUT2D eigenvalue weighted by Crippen LogP contribution is -2.63. The van der Waals surface area contributed by atoms with Crippen molar-refractivity contribution in [2.75, 3.05) is 6.61 Å². The molecule has 0 unspecified atom stereocenters. The maximum absolute atomic E-state index is 13.6. The molecule has 214 valence electrons. The smallest absolute Gasteiger partial charge is 0.408 e. The van der Waals surface area contributed by atoms with Crippen LogP contribution < -0.4 is 10.6 Å². The van der Waals surface area contributed by atoms with Crippen LogP contribution in [-0.2, 0) is 25.7 Å². The maximum Gasteiger partial charge on any atom is 0.408 e. The molecule has 8 heteroatoms. The molecule has 2 aliphatic carbocycles. The molecule has 0 heterocycles. The van der Waals surface area contributed by atoms with Crippen molar-refractivity contribution >= 4 is 18.0 Å². The number of carbonyl (C=O) groups is 3. The van der Waals surface area contributed by atoms with Crippen LogP contribution >= 0.6 is 0 Å². The van der Waals surface area contributed by atoms with Gasteiger partial charge in [-0.3, -0.25) is 4.79 Å². The summed E-state index contributed by atoms with van der Waals surface area (Å²) in [5.74, 6) is -1.84. The molecule has 0 radical (unpaired) electrons. The van der Waals surface area contributed by atoms with Crippen LogP contribution in [0.15, 0.2) is 78.9 Å². The molecule has 5 rings (SSSR count). The number of benzene rings is 3. The van der Waals surface area contributed by atoms with Crippen molar-refractivity contribution in [1.82, 2.24) is 10.6 Å². The van der Waals surface area contributed by atoms with Crippen LogP contribution in [0.4, 0.5) is 4.79 Å². The number of aliphatic carboxylic acids is 1. The number of carboxylic acid groups (broad SMARTS) is 1. The number of carbonyl (C=O) groups excluding carboxylic acids is 2. The first-order valence-corrected chi connectivity index (χ1v) is 14.2. The fraction of sp³-hybridized carbons (Fsp3) is 0.364. The molecule has 0 saturated heterocycles. The molecule has 2 amide bonds. The van der Waals surface area contributed by atoms with E-state index in [9.17, 15) is 19.5 Å². The minimum absolute atomic E-state index is 0.108. The highest BCUT2D eigenvalue weighted by molar-refractivity contribution is 5.93. The third kappa shape index (κ3) is 6.28. The molecule has 0 bridgehead atoms. The summed E-state index contributed by atoms with van der Waals surface area (Å²) >= 11 is 0. The van der Waals surface area contributed by atoms with E-state index >= 15 is 0 Å². The number of hydrogen-bond acceptors (Lipinski definition) is 5. The van der Waals surface area contributed by atoms with Gasteiger partial charge >= 0.3 is 12.1 Å². The fourth-order valence-electron chi connectivity index (χ4n) is 5.95. The predicted molar refractivity (Wildman–Crippen MR) is 154 cm³/mol. The second kappa shape index (κ2) is 12.6. The summed E-state index contributed by atoms with van der Waals surface area (Å²) in [6.45, 7) is 1.96. The zero-order valence-corrected chi connectivity index (χ0v) is 23.2. The Morgan fingerprint density at radius 2 is 1.46 bits per heavy atom. The van der Waals surface area contributed by atoms with Crippen LogP contribution in [0.5, 0.6) is 0 Å².